The van der Waals surface area contributed by atoms with Gasteiger partial charge in [-0.2, -0.15) is 10.2 Å². The zero-order valence-electron chi connectivity index (χ0n) is 19.0. The van der Waals surface area contributed by atoms with E-state index in [1.54, 1.807) is 0 Å². The number of tetrazole rings is 1. The van der Waals surface area contributed by atoms with Crippen molar-refractivity contribution in [1.82, 2.24) is 35.2 Å². The second kappa shape index (κ2) is 11.7. The van der Waals surface area contributed by atoms with Crippen LogP contribution in [0.15, 0.2) is 23.1 Å². The number of aliphatic carboxylic acids is 1. The number of pyridine rings is 1. The normalized spacial score (nSPS) is 11.2. The summed E-state index contributed by atoms with van der Waals surface area (Å²) in [6, 6.07) is 2.51. The largest absolute Gasteiger partial charge is 0.480 e. The van der Waals surface area contributed by atoms with Gasteiger partial charge in [-0.1, -0.05) is 0 Å². The zero-order chi connectivity index (χ0) is 26.9. The number of hydrogen-bond donors (Lipinski definition) is 6. The number of aryl methyl sites for hydroxylation is 2. The molecule has 37 heavy (non-hydrogen) atoms. The van der Waals surface area contributed by atoms with Gasteiger partial charge in [0.15, 0.2) is 17.3 Å². The number of carboxylic acid groups (broad SMARTS) is 1. The minimum Gasteiger partial charge on any atom is -0.480 e. The number of hydrogen-bond acceptors (Lipinski definition) is 12. The van der Waals surface area contributed by atoms with E-state index in [-0.39, 0.29) is 54.8 Å². The van der Waals surface area contributed by atoms with E-state index >= 15 is 0 Å². The molecule has 0 aliphatic rings. The van der Waals surface area contributed by atoms with Gasteiger partial charge in [0.2, 0.25) is 12.4 Å². The van der Waals surface area contributed by atoms with Gasteiger partial charge < -0.3 is 21.9 Å². The number of anilines is 5. The summed E-state index contributed by atoms with van der Waals surface area (Å²) in [5.74, 6) is -1.43. The van der Waals surface area contributed by atoms with Gasteiger partial charge in [-0.25, -0.2) is 19.3 Å². The molecule has 0 spiro atoms. The predicted molar refractivity (Wildman–Crippen MR) is 127 cm³/mol. The number of carbonyl (C=O) groups is 3. The summed E-state index contributed by atoms with van der Waals surface area (Å²) in [4.78, 5) is 58.6. The monoisotopic (exact) mass is 511 g/mol. The second-order valence-corrected chi connectivity index (χ2v) is 7.33. The van der Waals surface area contributed by atoms with Crippen molar-refractivity contribution >= 4 is 47.4 Å². The quantitative estimate of drug-likeness (QED) is 0.167. The summed E-state index contributed by atoms with van der Waals surface area (Å²) in [5.41, 5.74) is 10.1. The molecule has 0 bridgehead atoms. The van der Waals surface area contributed by atoms with Gasteiger partial charge in [0.1, 0.15) is 11.9 Å². The molecule has 1 atom stereocenters. The first-order valence-electron chi connectivity index (χ1n) is 10.5. The van der Waals surface area contributed by atoms with Crippen molar-refractivity contribution in [1.29, 1.82) is 5.26 Å². The second-order valence-electron chi connectivity index (χ2n) is 7.33. The van der Waals surface area contributed by atoms with E-state index in [4.69, 9.17) is 16.7 Å². The van der Waals surface area contributed by atoms with Crippen LogP contribution in [0, 0.1) is 11.3 Å². The molecular weight excluding hydrogens is 490 g/mol. The fourth-order valence-corrected chi connectivity index (χ4v) is 3.18. The van der Waals surface area contributed by atoms with Crippen molar-refractivity contribution < 1.29 is 19.5 Å². The predicted octanol–water partition coefficient (Wildman–Crippen LogP) is -1.08. The first-order chi connectivity index (χ1) is 17.7. The number of rotatable bonds is 11. The molecule has 3 amide bonds. The molecule has 0 aromatic carbocycles. The third kappa shape index (κ3) is 6.50. The number of carboxylic acids is 1. The Balaban J connectivity index is 1.68. The van der Waals surface area contributed by atoms with Crippen LogP contribution in [0.3, 0.4) is 0 Å². The summed E-state index contributed by atoms with van der Waals surface area (Å²) >= 11 is 0. The average Bonchev–Trinajstić information content (AvgIpc) is 3.30. The van der Waals surface area contributed by atoms with Crippen molar-refractivity contribution in [2.24, 2.45) is 0 Å². The van der Waals surface area contributed by atoms with Crippen LogP contribution in [-0.4, -0.2) is 64.7 Å². The van der Waals surface area contributed by atoms with Gasteiger partial charge in [0.05, 0.1) is 30.9 Å². The van der Waals surface area contributed by atoms with Crippen LogP contribution in [0.2, 0.25) is 0 Å². The summed E-state index contributed by atoms with van der Waals surface area (Å²) in [6.07, 6.45) is 1.74. The molecule has 0 saturated carbocycles. The lowest BCUT2D eigenvalue weighted by molar-refractivity contribution is -0.139. The highest BCUT2D eigenvalue weighted by molar-refractivity contribution is 6.01. The van der Waals surface area contributed by atoms with Crippen LogP contribution in [0.5, 0.6) is 0 Å². The van der Waals surface area contributed by atoms with E-state index in [2.05, 4.69) is 41.1 Å². The maximum absolute atomic E-state index is 12.2. The van der Waals surface area contributed by atoms with Gasteiger partial charge in [-0.05, 0) is 29.0 Å². The Morgan fingerprint density at radius 1 is 1.32 bits per heavy atom. The fourth-order valence-electron chi connectivity index (χ4n) is 3.18. The van der Waals surface area contributed by atoms with E-state index in [0.29, 0.717) is 12.2 Å². The Morgan fingerprint density at radius 3 is 2.73 bits per heavy atom. The van der Waals surface area contributed by atoms with Gasteiger partial charge >= 0.3 is 12.0 Å². The minimum absolute atomic E-state index is 0.000791. The Kier molecular flexibility index (Phi) is 8.22. The number of amides is 3. The van der Waals surface area contributed by atoms with Crippen molar-refractivity contribution in [2.75, 3.05) is 27.0 Å². The van der Waals surface area contributed by atoms with E-state index < -0.39 is 23.6 Å². The summed E-state index contributed by atoms with van der Waals surface area (Å²) < 4.78 is 1.39. The molecule has 3 aromatic heterocycles. The molecule has 192 valence electrons. The highest BCUT2D eigenvalue weighted by Crippen LogP contribution is 2.19. The molecule has 0 aliphatic heterocycles. The molecule has 3 rings (SSSR count). The molecule has 0 unspecified atom stereocenters. The van der Waals surface area contributed by atoms with E-state index in [0.717, 1.165) is 4.90 Å². The first kappa shape index (κ1) is 26.0. The minimum atomic E-state index is -1.30. The Hall–Kier alpha value is -5.60. The lowest BCUT2D eigenvalue weighted by Crippen LogP contribution is -2.41. The molecule has 0 saturated heterocycles. The lowest BCUT2D eigenvalue weighted by Gasteiger charge is -2.24. The molecule has 3 heterocycles. The Labute approximate surface area is 207 Å². The lowest BCUT2D eigenvalue weighted by atomic mass is 10.1. The summed E-state index contributed by atoms with van der Waals surface area (Å²) in [7, 11) is 0. The Morgan fingerprint density at radius 2 is 2.11 bits per heavy atom. The van der Waals surface area contributed by atoms with Gasteiger partial charge in [0, 0.05) is 6.42 Å². The number of nitrogens with zero attached hydrogens (tertiary/aromatic N) is 8. The number of carbonyl (C=O) groups excluding carboxylic acids is 2. The molecule has 0 radical (unpaired) electrons. The number of nitrogens with one attached hydrogen (secondary N) is 3. The maximum atomic E-state index is 12.2. The van der Waals surface area contributed by atoms with Crippen LogP contribution in [-0.2, 0) is 22.6 Å². The molecular formula is C19H21N13O5. The van der Waals surface area contributed by atoms with Crippen LogP contribution in [0.25, 0.3) is 0 Å². The van der Waals surface area contributed by atoms with Crippen LogP contribution in [0.4, 0.5) is 33.8 Å². The number of urea groups is 1. The standard InChI is InChI=1S/C19H21N13O5/c20-6-1-7-32-13(28-29-30-32)5-3-11(17(35)36)31(9-33)12-4-2-10(8-23-12)24-19(37)25-14-15(21)26-18(22)27-16(14)34/h2,4,8-9,11H,1,3,5,7H2,(H,35,36)(H2,24,25,37)(H5,21,22,26,27,34)/t11-/m0/s1. The molecule has 18 nitrogen and oxygen atoms in total. The van der Waals surface area contributed by atoms with Gasteiger partial charge in [-0.3, -0.25) is 24.8 Å². The molecule has 18 heteroatoms. The van der Waals surface area contributed by atoms with E-state index in [1.165, 1.54) is 23.0 Å². The maximum Gasteiger partial charge on any atom is 0.326 e. The summed E-state index contributed by atoms with van der Waals surface area (Å²) in [5, 5.41) is 34.2. The number of aromatic amines is 1. The van der Waals surface area contributed by atoms with E-state index in [1.807, 2.05) is 6.07 Å². The molecule has 0 fully saturated rings. The highest BCUT2D eigenvalue weighted by atomic mass is 16.4. The fraction of sp³-hybridized carbons (Fsp3) is 0.263. The summed E-state index contributed by atoms with van der Waals surface area (Å²) in [6.45, 7) is 0.243. The van der Waals surface area contributed by atoms with Crippen LogP contribution in [0.1, 0.15) is 18.7 Å². The first-order valence-corrected chi connectivity index (χ1v) is 10.5. The topological polar surface area (TPSA) is 277 Å². The van der Waals surface area contributed by atoms with E-state index in [9.17, 15) is 24.3 Å². The van der Waals surface area contributed by atoms with Crippen molar-refractivity contribution in [2.45, 2.75) is 31.8 Å². The van der Waals surface area contributed by atoms with Crippen molar-refractivity contribution in [3.63, 3.8) is 0 Å². The van der Waals surface area contributed by atoms with Gasteiger partial charge in [0.25, 0.3) is 5.56 Å². The SMILES string of the molecule is N#CCCn1nnnc1CC[C@@H](C(=O)O)N(C=O)c1ccc(NC(=O)Nc2c(N)nc(N)[nH]c2=O)cn1. The van der Waals surface area contributed by atoms with Crippen molar-refractivity contribution in [3.8, 4) is 6.07 Å². The number of nitriles is 1. The average molecular weight is 511 g/mol. The third-order valence-corrected chi connectivity index (χ3v) is 4.89. The smallest absolute Gasteiger partial charge is 0.326 e. The molecule has 3 aromatic rings. The third-order valence-electron chi connectivity index (χ3n) is 4.89. The Bertz CT molecular complexity index is 1380. The number of nitrogen functional groups attached to an aromatic ring is 2. The zero-order valence-corrected chi connectivity index (χ0v) is 19.0. The molecule has 0 aliphatic carbocycles. The van der Waals surface area contributed by atoms with Crippen LogP contribution >= 0.6 is 0 Å². The van der Waals surface area contributed by atoms with Crippen molar-refractivity contribution in [3.05, 3.63) is 34.5 Å². The van der Waals surface area contributed by atoms with Crippen LogP contribution < -0.4 is 32.6 Å². The highest BCUT2D eigenvalue weighted by Gasteiger charge is 2.27. The van der Waals surface area contributed by atoms with Gasteiger partial charge in [-0.15, -0.1) is 5.10 Å². The number of aromatic nitrogens is 7. The number of H-pyrrole nitrogens is 1. The molecule has 8 N–H and O–H groups in total. The number of nitrogens with two attached hydrogens (primary N) is 2.